The van der Waals surface area contributed by atoms with E-state index in [1.807, 2.05) is 0 Å². The summed E-state index contributed by atoms with van der Waals surface area (Å²) in [7, 11) is 6.48. The van der Waals surface area contributed by atoms with E-state index in [1.165, 1.54) is 19.3 Å². The summed E-state index contributed by atoms with van der Waals surface area (Å²) >= 11 is 0. The Kier molecular flexibility index (Phi) is 3.36. The minimum atomic E-state index is 0.315. The Labute approximate surface area is 82.7 Å². The molecule has 0 aromatic rings. The third-order valence-electron chi connectivity index (χ3n) is 3.81. The lowest BCUT2D eigenvalue weighted by molar-refractivity contribution is 0.106. The molecule has 0 saturated heterocycles. The van der Waals surface area contributed by atoms with Crippen LogP contribution in [0.15, 0.2) is 0 Å². The van der Waals surface area contributed by atoms with E-state index in [0.29, 0.717) is 11.6 Å². The van der Waals surface area contributed by atoms with Gasteiger partial charge in [-0.3, -0.25) is 0 Å². The molecule has 2 nitrogen and oxygen atoms in total. The van der Waals surface area contributed by atoms with Crippen molar-refractivity contribution in [1.29, 1.82) is 0 Å². The summed E-state index contributed by atoms with van der Waals surface area (Å²) in [6.45, 7) is 4.65. The highest BCUT2D eigenvalue weighted by Gasteiger charge is 2.43. The summed E-state index contributed by atoms with van der Waals surface area (Å²) in [5.74, 6) is 0.914. The van der Waals surface area contributed by atoms with Gasteiger partial charge in [0.15, 0.2) is 0 Å². The van der Waals surface area contributed by atoms with Crippen LogP contribution >= 0.6 is 0 Å². The van der Waals surface area contributed by atoms with E-state index < -0.39 is 0 Å². The Morgan fingerprint density at radius 1 is 1.46 bits per heavy atom. The molecule has 1 N–H and O–H groups in total. The maximum atomic E-state index is 3.50. The molecule has 2 unspecified atom stereocenters. The number of hydrogen-bond donors (Lipinski definition) is 1. The van der Waals surface area contributed by atoms with E-state index >= 15 is 0 Å². The van der Waals surface area contributed by atoms with Crippen LogP contribution in [-0.4, -0.2) is 37.6 Å². The first kappa shape index (κ1) is 11.0. The van der Waals surface area contributed by atoms with Crippen LogP contribution in [0.3, 0.4) is 0 Å². The molecule has 0 spiro atoms. The van der Waals surface area contributed by atoms with E-state index in [4.69, 9.17) is 0 Å². The van der Waals surface area contributed by atoms with Crippen LogP contribution in [0.1, 0.15) is 33.1 Å². The van der Waals surface area contributed by atoms with Crippen molar-refractivity contribution < 1.29 is 0 Å². The molecule has 0 amide bonds. The minimum Gasteiger partial charge on any atom is -0.315 e. The lowest BCUT2D eigenvalue weighted by atomic mass is 9.85. The molecule has 0 aromatic carbocycles. The number of hydrogen-bond acceptors (Lipinski definition) is 2. The molecule has 1 aliphatic rings. The molecular formula is C11H24N2. The third-order valence-corrected chi connectivity index (χ3v) is 3.81. The molecular weight excluding hydrogens is 160 g/mol. The molecule has 1 rings (SSSR count). The average Bonchev–Trinajstić information content (AvgIpc) is 2.89. The molecule has 2 atom stereocenters. The van der Waals surface area contributed by atoms with Gasteiger partial charge in [-0.05, 0) is 53.2 Å². The SMILES string of the molecule is CCC(C)(C(NC)C1CC1)N(C)C. The smallest absolute Gasteiger partial charge is 0.0328 e. The molecule has 1 saturated carbocycles. The van der Waals surface area contributed by atoms with Crippen LogP contribution in [0.25, 0.3) is 0 Å². The van der Waals surface area contributed by atoms with Crippen LogP contribution in [-0.2, 0) is 0 Å². The molecule has 78 valence electrons. The fraction of sp³-hybridized carbons (Fsp3) is 1.00. The maximum Gasteiger partial charge on any atom is 0.0328 e. The molecule has 0 radical (unpaired) electrons. The van der Waals surface area contributed by atoms with Gasteiger partial charge >= 0.3 is 0 Å². The summed E-state index contributed by atoms with van der Waals surface area (Å²) in [4.78, 5) is 2.37. The van der Waals surface area contributed by atoms with Crippen LogP contribution < -0.4 is 5.32 Å². The summed E-state index contributed by atoms with van der Waals surface area (Å²) in [6.07, 6.45) is 4.03. The monoisotopic (exact) mass is 184 g/mol. The minimum absolute atomic E-state index is 0.315. The summed E-state index contributed by atoms with van der Waals surface area (Å²) < 4.78 is 0. The van der Waals surface area contributed by atoms with Gasteiger partial charge in [-0.15, -0.1) is 0 Å². The Morgan fingerprint density at radius 2 is 2.00 bits per heavy atom. The highest BCUT2D eigenvalue weighted by Crippen LogP contribution is 2.39. The van der Waals surface area contributed by atoms with Gasteiger partial charge in [0.05, 0.1) is 0 Å². The van der Waals surface area contributed by atoms with Gasteiger partial charge in [0, 0.05) is 11.6 Å². The van der Waals surface area contributed by atoms with Crippen LogP contribution in [0.4, 0.5) is 0 Å². The van der Waals surface area contributed by atoms with E-state index in [1.54, 1.807) is 0 Å². The average molecular weight is 184 g/mol. The molecule has 0 bridgehead atoms. The predicted molar refractivity (Wildman–Crippen MR) is 58.0 cm³/mol. The topological polar surface area (TPSA) is 15.3 Å². The first-order valence-corrected chi connectivity index (χ1v) is 5.41. The zero-order valence-electron chi connectivity index (χ0n) is 9.72. The molecule has 0 heterocycles. The number of rotatable bonds is 5. The van der Waals surface area contributed by atoms with E-state index in [0.717, 1.165) is 5.92 Å². The van der Waals surface area contributed by atoms with Gasteiger partial charge < -0.3 is 10.2 Å². The van der Waals surface area contributed by atoms with E-state index in [9.17, 15) is 0 Å². The lowest BCUT2D eigenvalue weighted by Crippen LogP contribution is -2.57. The molecule has 1 aliphatic carbocycles. The number of nitrogens with zero attached hydrogens (tertiary/aromatic N) is 1. The van der Waals surface area contributed by atoms with Crippen molar-refractivity contribution in [2.24, 2.45) is 5.92 Å². The van der Waals surface area contributed by atoms with Gasteiger partial charge in [0.1, 0.15) is 0 Å². The Morgan fingerprint density at radius 3 is 2.23 bits per heavy atom. The lowest BCUT2D eigenvalue weighted by Gasteiger charge is -2.43. The Bertz CT molecular complexity index is 163. The largest absolute Gasteiger partial charge is 0.315 e. The summed E-state index contributed by atoms with van der Waals surface area (Å²) in [6, 6.07) is 0.660. The van der Waals surface area contributed by atoms with Gasteiger partial charge in [0.2, 0.25) is 0 Å². The highest BCUT2D eigenvalue weighted by molar-refractivity contribution is 5.01. The van der Waals surface area contributed by atoms with Crippen molar-refractivity contribution in [3.63, 3.8) is 0 Å². The molecule has 2 heteroatoms. The highest BCUT2D eigenvalue weighted by atomic mass is 15.2. The molecule has 0 aliphatic heterocycles. The number of likely N-dealkylation sites (N-methyl/N-ethyl adjacent to an activating group) is 2. The van der Waals surface area contributed by atoms with Crippen molar-refractivity contribution in [3.8, 4) is 0 Å². The molecule has 13 heavy (non-hydrogen) atoms. The second-order valence-electron chi connectivity index (χ2n) is 4.71. The van der Waals surface area contributed by atoms with Crippen molar-refractivity contribution in [1.82, 2.24) is 10.2 Å². The summed E-state index contributed by atoms with van der Waals surface area (Å²) in [5, 5.41) is 3.50. The van der Waals surface area contributed by atoms with Gasteiger partial charge in [0.25, 0.3) is 0 Å². The molecule has 1 fully saturated rings. The second-order valence-corrected chi connectivity index (χ2v) is 4.71. The quantitative estimate of drug-likeness (QED) is 0.700. The van der Waals surface area contributed by atoms with Crippen molar-refractivity contribution in [2.45, 2.75) is 44.7 Å². The first-order valence-electron chi connectivity index (χ1n) is 5.41. The van der Waals surface area contributed by atoms with Crippen molar-refractivity contribution >= 4 is 0 Å². The second kappa shape index (κ2) is 3.97. The van der Waals surface area contributed by atoms with Crippen LogP contribution in [0.2, 0.25) is 0 Å². The fourth-order valence-corrected chi connectivity index (χ4v) is 2.30. The first-order chi connectivity index (χ1) is 6.06. The fourth-order valence-electron chi connectivity index (χ4n) is 2.30. The van der Waals surface area contributed by atoms with Gasteiger partial charge in [-0.2, -0.15) is 0 Å². The van der Waals surface area contributed by atoms with Crippen molar-refractivity contribution in [3.05, 3.63) is 0 Å². The van der Waals surface area contributed by atoms with Crippen LogP contribution in [0, 0.1) is 5.92 Å². The zero-order valence-corrected chi connectivity index (χ0v) is 9.72. The van der Waals surface area contributed by atoms with E-state index in [-0.39, 0.29) is 0 Å². The normalized spacial score (nSPS) is 24.5. The Balaban J connectivity index is 2.71. The standard InChI is InChI=1S/C11H24N2/c1-6-11(2,13(4)5)10(12-3)9-7-8-9/h9-10,12H,6-8H2,1-5H3. The zero-order chi connectivity index (χ0) is 10.1. The third kappa shape index (κ3) is 2.05. The van der Waals surface area contributed by atoms with E-state index in [2.05, 4.69) is 45.2 Å². The number of nitrogens with one attached hydrogen (secondary N) is 1. The van der Waals surface area contributed by atoms with Gasteiger partial charge in [-0.1, -0.05) is 6.92 Å². The maximum absolute atomic E-state index is 3.50. The molecule has 0 aromatic heterocycles. The van der Waals surface area contributed by atoms with Gasteiger partial charge in [-0.25, -0.2) is 0 Å². The van der Waals surface area contributed by atoms with Crippen molar-refractivity contribution in [2.75, 3.05) is 21.1 Å². The predicted octanol–water partition coefficient (Wildman–Crippen LogP) is 1.71. The Hall–Kier alpha value is -0.0800. The van der Waals surface area contributed by atoms with Crippen LogP contribution in [0.5, 0.6) is 0 Å². The summed E-state index contributed by atoms with van der Waals surface area (Å²) in [5.41, 5.74) is 0.315.